The highest BCUT2D eigenvalue weighted by Gasteiger charge is 2.22. The van der Waals surface area contributed by atoms with Crippen LogP contribution in [0.25, 0.3) is 0 Å². The van der Waals surface area contributed by atoms with Gasteiger partial charge in [-0.05, 0) is 57.8 Å². The second-order valence-corrected chi connectivity index (χ2v) is 11.0. The Labute approximate surface area is 253 Å². The molecule has 8 nitrogen and oxygen atoms in total. The number of allylic oxidation sites excluding steroid dienone is 12. The molecular formula is C33H53O8P. The van der Waals surface area contributed by atoms with Gasteiger partial charge in [-0.1, -0.05) is 106 Å². The second-order valence-electron chi connectivity index (χ2n) is 9.72. The highest BCUT2D eigenvalue weighted by atomic mass is 31.2. The van der Waals surface area contributed by atoms with Gasteiger partial charge in [-0.25, -0.2) is 4.57 Å². The van der Waals surface area contributed by atoms with E-state index in [-0.39, 0.29) is 19.4 Å². The minimum absolute atomic E-state index is 0.174. The molecule has 0 bridgehead atoms. The zero-order valence-electron chi connectivity index (χ0n) is 25.6. The molecular weight excluding hydrogens is 555 g/mol. The maximum Gasteiger partial charge on any atom is 0.469 e. The summed E-state index contributed by atoms with van der Waals surface area (Å²) in [5, 5.41) is 0. The van der Waals surface area contributed by atoms with Crippen LogP contribution >= 0.6 is 7.82 Å². The molecule has 9 heteroatoms. The predicted octanol–water partition coefficient (Wildman–Crippen LogP) is 8.39. The van der Waals surface area contributed by atoms with Crippen LogP contribution in [-0.4, -0.2) is 41.0 Å². The van der Waals surface area contributed by atoms with E-state index in [2.05, 4.69) is 54.8 Å². The van der Waals surface area contributed by atoms with Gasteiger partial charge in [0.05, 0.1) is 6.61 Å². The third-order valence-electron chi connectivity index (χ3n) is 5.78. The Hall–Kier alpha value is -2.51. The highest BCUT2D eigenvalue weighted by Crippen LogP contribution is 2.35. The van der Waals surface area contributed by atoms with Crippen LogP contribution in [0.5, 0.6) is 0 Å². The first-order valence-electron chi connectivity index (χ1n) is 15.3. The molecule has 238 valence electrons. The van der Waals surface area contributed by atoms with E-state index in [9.17, 15) is 14.2 Å². The van der Waals surface area contributed by atoms with Crippen LogP contribution in [0.1, 0.15) is 104 Å². The average molecular weight is 609 g/mol. The van der Waals surface area contributed by atoms with Crippen molar-refractivity contribution in [1.82, 2.24) is 0 Å². The van der Waals surface area contributed by atoms with Gasteiger partial charge in [0, 0.05) is 12.8 Å². The molecule has 1 atom stereocenters. The smallest absolute Gasteiger partial charge is 0.462 e. The van der Waals surface area contributed by atoms with Gasteiger partial charge in [-0.3, -0.25) is 14.1 Å². The van der Waals surface area contributed by atoms with Crippen molar-refractivity contribution < 1.29 is 37.9 Å². The SMILES string of the molecule is CC/C=C/C=C/C=C/CCCCCCCC(=O)OC(COC(=O)CCC/C=C/C/C=C/C/C=C/CC)COP(=O)(O)O. The molecule has 0 fully saturated rings. The Kier molecular flexibility index (Phi) is 26.9. The van der Waals surface area contributed by atoms with E-state index >= 15 is 0 Å². The van der Waals surface area contributed by atoms with E-state index in [1.54, 1.807) is 0 Å². The summed E-state index contributed by atoms with van der Waals surface area (Å²) in [5.41, 5.74) is 0. The lowest BCUT2D eigenvalue weighted by Crippen LogP contribution is -2.29. The van der Waals surface area contributed by atoms with Crippen LogP contribution in [0, 0.1) is 0 Å². The van der Waals surface area contributed by atoms with E-state index in [1.807, 2.05) is 36.5 Å². The molecule has 0 aliphatic carbocycles. The first kappa shape index (κ1) is 39.5. The summed E-state index contributed by atoms with van der Waals surface area (Å²) in [7, 11) is -4.76. The number of hydrogen-bond acceptors (Lipinski definition) is 6. The molecule has 0 amide bonds. The molecule has 0 rings (SSSR count). The third-order valence-corrected chi connectivity index (χ3v) is 6.27. The fraction of sp³-hybridized carbons (Fsp3) is 0.576. The maximum absolute atomic E-state index is 12.3. The van der Waals surface area contributed by atoms with E-state index in [0.29, 0.717) is 12.8 Å². The van der Waals surface area contributed by atoms with Crippen LogP contribution in [0.15, 0.2) is 72.9 Å². The van der Waals surface area contributed by atoms with Crippen molar-refractivity contribution in [2.45, 2.75) is 110 Å². The van der Waals surface area contributed by atoms with E-state index in [1.165, 1.54) is 0 Å². The number of carbonyl (C=O) groups is 2. The number of phosphoric ester groups is 1. The Balaban J connectivity index is 4.20. The zero-order valence-corrected chi connectivity index (χ0v) is 26.5. The van der Waals surface area contributed by atoms with Gasteiger partial charge in [0.15, 0.2) is 6.10 Å². The van der Waals surface area contributed by atoms with Crippen molar-refractivity contribution in [2.75, 3.05) is 13.2 Å². The fourth-order valence-electron chi connectivity index (χ4n) is 3.57. The van der Waals surface area contributed by atoms with Crippen LogP contribution in [0.4, 0.5) is 0 Å². The van der Waals surface area contributed by atoms with Gasteiger partial charge in [0.25, 0.3) is 0 Å². The number of phosphoric acid groups is 1. The van der Waals surface area contributed by atoms with Crippen molar-refractivity contribution in [3.8, 4) is 0 Å². The topological polar surface area (TPSA) is 119 Å². The Morgan fingerprint density at radius 1 is 0.643 bits per heavy atom. The van der Waals surface area contributed by atoms with Crippen molar-refractivity contribution >= 4 is 19.8 Å². The van der Waals surface area contributed by atoms with Crippen molar-refractivity contribution in [2.24, 2.45) is 0 Å². The maximum atomic E-state index is 12.3. The van der Waals surface area contributed by atoms with E-state index in [0.717, 1.165) is 64.2 Å². The average Bonchev–Trinajstić information content (AvgIpc) is 2.95. The molecule has 0 saturated heterocycles. The summed E-state index contributed by atoms with van der Waals surface area (Å²) in [6.45, 7) is 3.31. The van der Waals surface area contributed by atoms with E-state index in [4.69, 9.17) is 19.3 Å². The standard InChI is InChI=1S/C33H53O8P/c1-3-5-7-9-11-13-15-16-18-20-22-24-26-28-33(35)41-31(30-40-42(36,37)38)29-39-32(34)27-25-23-21-19-17-14-12-10-8-6-4-2/h5-9,11-15,19,21,31H,3-4,10,16-18,20,22-30H2,1-2H3,(H2,36,37,38)/b7-5+,8-6+,11-9+,14-12+,15-13+,21-19+. The number of hydrogen-bond donors (Lipinski definition) is 2. The number of esters is 2. The van der Waals surface area contributed by atoms with Crippen LogP contribution in [-0.2, 0) is 28.2 Å². The Morgan fingerprint density at radius 2 is 1.21 bits per heavy atom. The molecule has 0 aromatic rings. The minimum Gasteiger partial charge on any atom is -0.462 e. The van der Waals surface area contributed by atoms with Crippen LogP contribution in [0.2, 0.25) is 0 Å². The van der Waals surface area contributed by atoms with Crippen molar-refractivity contribution in [3.05, 3.63) is 72.9 Å². The molecule has 0 heterocycles. The van der Waals surface area contributed by atoms with Crippen LogP contribution < -0.4 is 0 Å². The summed E-state index contributed by atoms with van der Waals surface area (Å²) < 4.78 is 26.1. The molecule has 2 N–H and O–H groups in total. The summed E-state index contributed by atoms with van der Waals surface area (Å²) in [5.74, 6) is -0.986. The third kappa shape index (κ3) is 30.4. The molecule has 0 saturated carbocycles. The number of carbonyl (C=O) groups excluding carboxylic acids is 2. The number of unbranched alkanes of at least 4 members (excludes halogenated alkanes) is 6. The predicted molar refractivity (Wildman–Crippen MR) is 170 cm³/mol. The molecule has 0 aromatic heterocycles. The molecule has 42 heavy (non-hydrogen) atoms. The molecule has 0 radical (unpaired) electrons. The first-order chi connectivity index (χ1) is 20.3. The Morgan fingerprint density at radius 3 is 1.90 bits per heavy atom. The summed E-state index contributed by atoms with van der Waals surface area (Å²) >= 11 is 0. The van der Waals surface area contributed by atoms with E-state index < -0.39 is 32.5 Å². The number of rotatable bonds is 26. The molecule has 1 unspecified atom stereocenters. The van der Waals surface area contributed by atoms with Gasteiger partial charge < -0.3 is 19.3 Å². The molecule has 0 aliphatic rings. The quantitative estimate of drug-likeness (QED) is 0.0330. The van der Waals surface area contributed by atoms with Gasteiger partial charge >= 0.3 is 19.8 Å². The van der Waals surface area contributed by atoms with Gasteiger partial charge in [0.2, 0.25) is 0 Å². The van der Waals surface area contributed by atoms with Gasteiger partial charge in [-0.2, -0.15) is 0 Å². The first-order valence-corrected chi connectivity index (χ1v) is 16.8. The summed E-state index contributed by atoms with van der Waals surface area (Å²) in [6.07, 6.45) is 35.0. The lowest BCUT2D eigenvalue weighted by molar-refractivity contribution is -0.161. The summed E-state index contributed by atoms with van der Waals surface area (Å²) in [6, 6.07) is 0. The van der Waals surface area contributed by atoms with Crippen molar-refractivity contribution in [1.29, 1.82) is 0 Å². The highest BCUT2D eigenvalue weighted by molar-refractivity contribution is 7.46. The Bertz CT molecular complexity index is 911. The zero-order chi connectivity index (χ0) is 31.2. The minimum atomic E-state index is -4.76. The number of ether oxygens (including phenoxy) is 2. The van der Waals surface area contributed by atoms with Gasteiger partial charge in [0.1, 0.15) is 6.61 Å². The van der Waals surface area contributed by atoms with Crippen molar-refractivity contribution in [3.63, 3.8) is 0 Å². The normalized spacial score (nSPS) is 13.5. The second kappa shape index (κ2) is 28.6. The van der Waals surface area contributed by atoms with Gasteiger partial charge in [-0.15, -0.1) is 0 Å². The summed E-state index contributed by atoms with van der Waals surface area (Å²) in [4.78, 5) is 42.4. The lowest BCUT2D eigenvalue weighted by atomic mass is 10.1. The fourth-order valence-corrected chi connectivity index (χ4v) is 3.93. The lowest BCUT2D eigenvalue weighted by Gasteiger charge is -2.18. The molecule has 0 aliphatic heterocycles. The largest absolute Gasteiger partial charge is 0.469 e. The molecule has 0 aromatic carbocycles. The monoisotopic (exact) mass is 608 g/mol. The van der Waals surface area contributed by atoms with Crippen LogP contribution in [0.3, 0.4) is 0 Å². The molecule has 0 spiro atoms.